The van der Waals surface area contributed by atoms with Crippen molar-refractivity contribution < 1.29 is 4.42 Å². The first-order chi connectivity index (χ1) is 9.76. The number of aromatic nitrogens is 1. The van der Waals surface area contributed by atoms with Gasteiger partial charge in [-0.05, 0) is 12.1 Å². The Bertz CT molecular complexity index is 660. The maximum Gasteiger partial charge on any atom is 0.417 e. The number of oxazole rings is 1. The zero-order valence-electron chi connectivity index (χ0n) is 11.6. The molecule has 0 spiro atoms. The molecule has 2 aromatic rings. The van der Waals surface area contributed by atoms with Crippen LogP contribution >= 0.6 is 11.6 Å². The van der Waals surface area contributed by atoms with Crippen molar-refractivity contribution >= 4 is 28.4 Å². The quantitative estimate of drug-likeness (QED) is 0.886. The van der Waals surface area contributed by atoms with E-state index in [0.717, 1.165) is 30.8 Å². The highest BCUT2D eigenvalue weighted by atomic mass is 35.5. The largest absolute Gasteiger partial charge is 0.417 e. The van der Waals surface area contributed by atoms with Gasteiger partial charge >= 0.3 is 5.76 Å². The van der Waals surface area contributed by atoms with E-state index < -0.39 is 5.76 Å². The number of alkyl halides is 1. The molecule has 3 rings (SSSR count). The molecule has 0 atom stereocenters. The number of benzene rings is 1. The third kappa shape index (κ3) is 3.04. The Hall–Kier alpha value is -1.75. The van der Waals surface area contributed by atoms with Crippen LogP contribution in [0.4, 0.5) is 0 Å². The molecule has 0 unspecified atom stereocenters. The number of fused-ring (bicyclic) bond motifs is 1. The van der Waals surface area contributed by atoms with Gasteiger partial charge in [-0.2, -0.15) is 5.10 Å². The van der Waals surface area contributed by atoms with E-state index in [0.29, 0.717) is 17.0 Å². The van der Waals surface area contributed by atoms with Crippen LogP contribution in [0.3, 0.4) is 0 Å². The summed E-state index contributed by atoms with van der Waals surface area (Å²) in [5, 5.41) is 6.46. The summed E-state index contributed by atoms with van der Waals surface area (Å²) in [7, 11) is 0. The molecule has 1 aromatic carbocycles. The topological polar surface area (TPSA) is 61.6 Å². The van der Waals surface area contributed by atoms with Crippen molar-refractivity contribution in [1.82, 2.24) is 9.99 Å². The van der Waals surface area contributed by atoms with Gasteiger partial charge in [0, 0.05) is 31.0 Å². The molecule has 2 heterocycles. The second kappa shape index (κ2) is 6.61. The number of hydrazone groups is 1. The van der Waals surface area contributed by atoms with E-state index in [-0.39, 0.29) is 0 Å². The average molecular weight is 296 g/mol. The van der Waals surface area contributed by atoms with Crippen molar-refractivity contribution in [1.29, 1.82) is 0 Å². The summed E-state index contributed by atoms with van der Waals surface area (Å²) in [6, 6.07) is 5.62. The molecule has 20 heavy (non-hydrogen) atoms. The minimum atomic E-state index is -0.431. The number of halogens is 1. The third-order valence-electron chi connectivity index (χ3n) is 2.97. The molecule has 0 radical (unpaired) electrons. The Balaban J connectivity index is 0.000000704. The van der Waals surface area contributed by atoms with Gasteiger partial charge in [0.05, 0.1) is 11.2 Å². The molecule has 5 nitrogen and oxygen atoms in total. The number of H-pyrrole nitrogens is 1. The summed E-state index contributed by atoms with van der Waals surface area (Å²) in [4.78, 5) is 13.7. The van der Waals surface area contributed by atoms with Gasteiger partial charge in [0.2, 0.25) is 0 Å². The average Bonchev–Trinajstić information content (AvgIpc) is 3.06. The highest BCUT2D eigenvalue weighted by Crippen LogP contribution is 2.18. The fourth-order valence-electron chi connectivity index (χ4n) is 2.09. The first-order valence-electron chi connectivity index (χ1n) is 6.78. The molecule has 1 aliphatic rings. The second-order valence-corrected chi connectivity index (χ2v) is 4.54. The van der Waals surface area contributed by atoms with Crippen molar-refractivity contribution in [3.63, 3.8) is 0 Å². The molecule has 108 valence electrons. The van der Waals surface area contributed by atoms with Gasteiger partial charge in [-0.3, -0.25) is 9.99 Å². The Morgan fingerprint density at radius 2 is 2.25 bits per heavy atom. The lowest BCUT2D eigenvalue weighted by Gasteiger charge is -2.09. The first-order valence-corrected chi connectivity index (χ1v) is 7.31. The maximum absolute atomic E-state index is 11.1. The summed E-state index contributed by atoms with van der Waals surface area (Å²) in [6.07, 6.45) is 0.886. The van der Waals surface area contributed by atoms with Gasteiger partial charge < -0.3 is 4.42 Å². The summed E-state index contributed by atoms with van der Waals surface area (Å²) in [5.74, 6) is 0.141. The van der Waals surface area contributed by atoms with Crippen LogP contribution in [0, 0.1) is 0 Å². The molecule has 0 fully saturated rings. The van der Waals surface area contributed by atoms with Gasteiger partial charge in [0.15, 0.2) is 5.58 Å². The van der Waals surface area contributed by atoms with E-state index in [2.05, 4.69) is 10.1 Å². The highest BCUT2D eigenvalue weighted by Gasteiger charge is 2.16. The van der Waals surface area contributed by atoms with Crippen LogP contribution in [0.1, 0.15) is 25.8 Å². The SMILES string of the molecule is CC.O=c1[nH]c2ccc(C3=NN(CCCl)CC3)cc2o1. The fourth-order valence-corrected chi connectivity index (χ4v) is 2.29. The lowest BCUT2D eigenvalue weighted by molar-refractivity contribution is 0.338. The van der Waals surface area contributed by atoms with E-state index in [1.165, 1.54) is 0 Å². The van der Waals surface area contributed by atoms with Gasteiger partial charge in [0.1, 0.15) is 0 Å². The standard InChI is InChI=1S/C12H12ClN3O2.C2H6/c13-4-6-16-5-3-9(15-16)8-1-2-10-11(7-8)18-12(17)14-10;1-2/h1-2,7H,3-6H2,(H,14,17);1-2H3. The fraction of sp³-hybridized carbons (Fsp3) is 0.429. The molecule has 1 aromatic heterocycles. The highest BCUT2D eigenvalue weighted by molar-refractivity contribution is 6.18. The molecular weight excluding hydrogens is 278 g/mol. The number of rotatable bonds is 3. The Labute approximate surface area is 122 Å². The van der Waals surface area contributed by atoms with Gasteiger partial charge in [-0.25, -0.2) is 4.79 Å². The Morgan fingerprint density at radius 1 is 1.45 bits per heavy atom. The van der Waals surface area contributed by atoms with E-state index >= 15 is 0 Å². The van der Waals surface area contributed by atoms with Gasteiger partial charge in [0.25, 0.3) is 0 Å². The lowest BCUT2D eigenvalue weighted by atomic mass is 10.1. The van der Waals surface area contributed by atoms with E-state index in [1.807, 2.05) is 37.1 Å². The minimum Gasteiger partial charge on any atom is -0.408 e. The Kier molecular flexibility index (Phi) is 4.84. The van der Waals surface area contributed by atoms with E-state index in [4.69, 9.17) is 16.0 Å². The summed E-state index contributed by atoms with van der Waals surface area (Å²) >= 11 is 5.69. The molecule has 0 amide bonds. The molecule has 0 aliphatic carbocycles. The molecule has 0 saturated heterocycles. The van der Waals surface area contributed by atoms with Gasteiger partial charge in [-0.1, -0.05) is 19.9 Å². The molecule has 1 aliphatic heterocycles. The smallest absolute Gasteiger partial charge is 0.408 e. The first kappa shape index (κ1) is 14.7. The van der Waals surface area contributed by atoms with Crippen LogP contribution in [0.25, 0.3) is 11.1 Å². The van der Waals surface area contributed by atoms with Crippen molar-refractivity contribution in [3.8, 4) is 0 Å². The van der Waals surface area contributed by atoms with Gasteiger partial charge in [-0.15, -0.1) is 11.6 Å². The molecular formula is C14H18ClN3O2. The van der Waals surface area contributed by atoms with Crippen molar-refractivity contribution in [3.05, 3.63) is 34.3 Å². The van der Waals surface area contributed by atoms with Crippen LogP contribution in [0.2, 0.25) is 0 Å². The number of hydrogen-bond donors (Lipinski definition) is 1. The Morgan fingerprint density at radius 3 is 3.00 bits per heavy atom. The summed E-state index contributed by atoms with van der Waals surface area (Å²) < 4.78 is 5.04. The number of nitrogens with one attached hydrogen (secondary N) is 1. The maximum atomic E-state index is 11.1. The van der Waals surface area contributed by atoms with Crippen LogP contribution in [-0.4, -0.2) is 34.7 Å². The lowest BCUT2D eigenvalue weighted by Crippen LogP contribution is -2.16. The number of nitrogens with zero attached hydrogens (tertiary/aromatic N) is 2. The summed E-state index contributed by atoms with van der Waals surface area (Å²) in [5.41, 5.74) is 3.27. The van der Waals surface area contributed by atoms with Crippen molar-refractivity contribution in [2.45, 2.75) is 20.3 Å². The zero-order valence-corrected chi connectivity index (χ0v) is 12.4. The molecule has 1 N–H and O–H groups in total. The van der Waals surface area contributed by atoms with Crippen LogP contribution in [0.15, 0.2) is 32.5 Å². The minimum absolute atomic E-state index is 0.431. The van der Waals surface area contributed by atoms with E-state index in [9.17, 15) is 4.79 Å². The second-order valence-electron chi connectivity index (χ2n) is 4.16. The molecule has 6 heteroatoms. The van der Waals surface area contributed by atoms with E-state index in [1.54, 1.807) is 0 Å². The normalized spacial score (nSPS) is 14.2. The number of aromatic amines is 1. The van der Waals surface area contributed by atoms with Crippen molar-refractivity contribution in [2.75, 3.05) is 19.0 Å². The van der Waals surface area contributed by atoms with Crippen LogP contribution in [0.5, 0.6) is 0 Å². The predicted octanol–water partition coefficient (Wildman–Crippen LogP) is 2.80. The third-order valence-corrected chi connectivity index (χ3v) is 3.13. The molecule has 0 bridgehead atoms. The predicted molar refractivity (Wildman–Crippen MR) is 81.6 cm³/mol. The van der Waals surface area contributed by atoms with Crippen LogP contribution in [-0.2, 0) is 0 Å². The molecule has 0 saturated carbocycles. The summed E-state index contributed by atoms with van der Waals surface area (Å²) in [6.45, 7) is 5.64. The number of hydrogen-bond acceptors (Lipinski definition) is 4. The zero-order chi connectivity index (χ0) is 14.5. The van der Waals surface area contributed by atoms with Crippen LogP contribution < -0.4 is 5.76 Å². The van der Waals surface area contributed by atoms with Crippen molar-refractivity contribution in [2.24, 2.45) is 5.10 Å². The monoisotopic (exact) mass is 295 g/mol.